The molecule has 4 nitrogen and oxygen atoms in total. The third kappa shape index (κ3) is 2.46. The van der Waals surface area contributed by atoms with Crippen LogP contribution in [0.15, 0.2) is 17.0 Å². The van der Waals surface area contributed by atoms with Crippen LogP contribution in [-0.4, -0.2) is 15.0 Å². The molecule has 0 radical (unpaired) electrons. The second kappa shape index (κ2) is 4.71. The summed E-state index contributed by atoms with van der Waals surface area (Å²) in [7, 11) is -3.57. The Morgan fingerprint density at radius 1 is 1.10 bits per heavy atom. The summed E-state index contributed by atoms with van der Waals surface area (Å²) < 4.78 is 27.9. The summed E-state index contributed by atoms with van der Waals surface area (Å²) >= 11 is 0. The van der Waals surface area contributed by atoms with Crippen LogP contribution in [0.4, 0.5) is 5.69 Å². The van der Waals surface area contributed by atoms with Crippen LogP contribution in [0.25, 0.3) is 0 Å². The highest BCUT2D eigenvalue weighted by Gasteiger charge is 2.64. The predicted molar refractivity (Wildman–Crippen MR) is 86.6 cm³/mol. The van der Waals surface area contributed by atoms with Crippen molar-refractivity contribution in [1.29, 1.82) is 0 Å². The molecule has 0 amide bonds. The van der Waals surface area contributed by atoms with E-state index in [9.17, 15) is 8.42 Å². The first-order valence-corrected chi connectivity index (χ1v) is 8.76. The van der Waals surface area contributed by atoms with Gasteiger partial charge >= 0.3 is 0 Å². The van der Waals surface area contributed by atoms with Gasteiger partial charge < -0.3 is 5.73 Å². The first-order valence-electron chi connectivity index (χ1n) is 7.28. The van der Waals surface area contributed by atoms with Crippen molar-refractivity contribution in [3.63, 3.8) is 0 Å². The third-order valence-electron chi connectivity index (χ3n) is 5.68. The van der Waals surface area contributed by atoms with Crippen molar-refractivity contribution >= 4 is 15.7 Å². The van der Waals surface area contributed by atoms with E-state index < -0.39 is 10.0 Å². The standard InChI is InChI=1S/C16H26N2O2S/c1-10-7-8-11(2)14(13(10)17)21(19,20)18-9-12-15(3,4)16(12,5)6/h7-8,12,18H,9,17H2,1-6H3. The molecule has 3 N–H and O–H groups in total. The average molecular weight is 310 g/mol. The number of rotatable bonds is 4. The highest BCUT2D eigenvalue weighted by molar-refractivity contribution is 7.89. The van der Waals surface area contributed by atoms with Gasteiger partial charge in [0, 0.05) is 6.54 Å². The van der Waals surface area contributed by atoms with Crippen LogP contribution in [0, 0.1) is 30.6 Å². The van der Waals surface area contributed by atoms with Gasteiger partial charge in [-0.3, -0.25) is 0 Å². The first-order chi connectivity index (χ1) is 9.43. The SMILES string of the molecule is Cc1ccc(C)c(S(=O)(=O)NCC2C(C)(C)C2(C)C)c1N. The molecule has 118 valence electrons. The van der Waals surface area contributed by atoms with E-state index in [1.54, 1.807) is 13.0 Å². The van der Waals surface area contributed by atoms with Crippen molar-refractivity contribution in [3.05, 3.63) is 23.3 Å². The predicted octanol–water partition coefficient (Wildman–Crippen LogP) is 2.85. The lowest BCUT2D eigenvalue weighted by molar-refractivity contribution is 0.457. The largest absolute Gasteiger partial charge is 0.397 e. The van der Waals surface area contributed by atoms with E-state index in [1.807, 2.05) is 13.0 Å². The minimum absolute atomic E-state index is 0.155. The van der Waals surface area contributed by atoms with E-state index in [0.717, 1.165) is 5.56 Å². The van der Waals surface area contributed by atoms with Crippen molar-refractivity contribution < 1.29 is 8.42 Å². The molecular formula is C16H26N2O2S. The molecule has 0 aliphatic heterocycles. The molecule has 1 aliphatic carbocycles. The van der Waals surface area contributed by atoms with Gasteiger partial charge in [-0.1, -0.05) is 39.8 Å². The first kappa shape index (κ1) is 16.3. The van der Waals surface area contributed by atoms with E-state index in [2.05, 4.69) is 32.4 Å². The molecule has 0 saturated heterocycles. The number of nitrogens with two attached hydrogens (primary N) is 1. The van der Waals surface area contributed by atoms with Crippen molar-refractivity contribution in [2.24, 2.45) is 16.7 Å². The van der Waals surface area contributed by atoms with E-state index in [0.29, 0.717) is 23.7 Å². The monoisotopic (exact) mass is 310 g/mol. The summed E-state index contributed by atoms with van der Waals surface area (Å²) in [5.74, 6) is 0.339. The maximum atomic E-state index is 12.6. The highest BCUT2D eigenvalue weighted by atomic mass is 32.2. The maximum Gasteiger partial charge on any atom is 0.242 e. The van der Waals surface area contributed by atoms with Crippen LogP contribution >= 0.6 is 0 Å². The number of aryl methyl sites for hydroxylation is 2. The molecule has 2 rings (SSSR count). The van der Waals surface area contributed by atoms with Crippen molar-refractivity contribution in [3.8, 4) is 0 Å². The second-order valence-electron chi connectivity index (χ2n) is 7.29. The van der Waals surface area contributed by atoms with Gasteiger partial charge in [-0.05, 0) is 41.7 Å². The quantitative estimate of drug-likeness (QED) is 0.840. The van der Waals surface area contributed by atoms with Crippen molar-refractivity contribution in [1.82, 2.24) is 4.72 Å². The summed E-state index contributed by atoms with van der Waals surface area (Å²) in [4.78, 5) is 0.221. The molecule has 0 aromatic heterocycles. The summed E-state index contributed by atoms with van der Waals surface area (Å²) in [5, 5.41) is 0. The van der Waals surface area contributed by atoms with Gasteiger partial charge in [0.2, 0.25) is 10.0 Å². The van der Waals surface area contributed by atoms with Gasteiger partial charge in [-0.25, -0.2) is 13.1 Å². The van der Waals surface area contributed by atoms with Crippen LogP contribution in [-0.2, 0) is 10.0 Å². The Bertz CT molecular complexity index is 662. The van der Waals surface area contributed by atoms with Gasteiger partial charge in [0.25, 0.3) is 0 Å². The molecule has 0 bridgehead atoms. The topological polar surface area (TPSA) is 72.2 Å². The molecule has 1 aliphatic rings. The molecule has 1 fully saturated rings. The normalized spacial score (nSPS) is 20.5. The molecule has 0 spiro atoms. The Kier molecular flexibility index (Phi) is 3.66. The number of benzene rings is 1. The van der Waals surface area contributed by atoms with E-state index in [-0.39, 0.29) is 15.7 Å². The highest BCUT2D eigenvalue weighted by Crippen LogP contribution is 2.68. The van der Waals surface area contributed by atoms with Gasteiger partial charge in [0.1, 0.15) is 4.90 Å². The molecule has 5 heteroatoms. The number of nitrogens with one attached hydrogen (secondary N) is 1. The Balaban J connectivity index is 2.24. The lowest BCUT2D eigenvalue weighted by atomic mass is 10.0. The Hall–Kier alpha value is -1.07. The number of hydrogen-bond acceptors (Lipinski definition) is 3. The fourth-order valence-corrected chi connectivity index (χ4v) is 4.75. The molecule has 1 saturated carbocycles. The minimum atomic E-state index is -3.57. The number of anilines is 1. The Labute approximate surface area is 128 Å². The summed E-state index contributed by atoms with van der Waals surface area (Å²) in [6.07, 6.45) is 0. The lowest BCUT2D eigenvalue weighted by Crippen LogP contribution is -2.28. The van der Waals surface area contributed by atoms with Crippen LogP contribution in [0.1, 0.15) is 38.8 Å². The Morgan fingerprint density at radius 2 is 1.57 bits per heavy atom. The van der Waals surface area contributed by atoms with Crippen LogP contribution in [0.2, 0.25) is 0 Å². The number of nitrogen functional groups attached to an aromatic ring is 1. The molecule has 1 aromatic rings. The molecule has 21 heavy (non-hydrogen) atoms. The van der Waals surface area contributed by atoms with Gasteiger partial charge in [-0.2, -0.15) is 0 Å². The van der Waals surface area contributed by atoms with Crippen molar-refractivity contribution in [2.75, 3.05) is 12.3 Å². The lowest BCUT2D eigenvalue weighted by Gasteiger charge is -2.14. The third-order valence-corrected chi connectivity index (χ3v) is 7.30. The smallest absolute Gasteiger partial charge is 0.242 e. The Morgan fingerprint density at radius 3 is 2.05 bits per heavy atom. The van der Waals surface area contributed by atoms with Crippen LogP contribution in [0.3, 0.4) is 0 Å². The minimum Gasteiger partial charge on any atom is -0.397 e. The molecular weight excluding hydrogens is 284 g/mol. The fraction of sp³-hybridized carbons (Fsp3) is 0.625. The number of hydrogen-bond donors (Lipinski definition) is 2. The summed E-state index contributed by atoms with van der Waals surface area (Å²) in [6, 6.07) is 3.64. The summed E-state index contributed by atoms with van der Waals surface area (Å²) in [6.45, 7) is 12.8. The molecule has 0 atom stereocenters. The van der Waals surface area contributed by atoms with Crippen molar-refractivity contribution in [2.45, 2.75) is 46.4 Å². The zero-order valence-corrected chi connectivity index (χ0v) is 14.6. The molecule has 0 unspecified atom stereocenters. The second-order valence-corrected chi connectivity index (χ2v) is 8.99. The number of sulfonamides is 1. The fourth-order valence-electron chi connectivity index (χ4n) is 3.27. The molecule has 1 aromatic carbocycles. The van der Waals surface area contributed by atoms with E-state index in [1.165, 1.54) is 0 Å². The van der Waals surface area contributed by atoms with Gasteiger partial charge in [0.05, 0.1) is 5.69 Å². The van der Waals surface area contributed by atoms with Gasteiger partial charge in [-0.15, -0.1) is 0 Å². The van der Waals surface area contributed by atoms with Crippen LogP contribution < -0.4 is 10.5 Å². The van der Waals surface area contributed by atoms with E-state index >= 15 is 0 Å². The zero-order chi connectivity index (χ0) is 16.2. The van der Waals surface area contributed by atoms with E-state index in [4.69, 9.17) is 5.73 Å². The summed E-state index contributed by atoms with van der Waals surface area (Å²) in [5.41, 5.74) is 8.10. The average Bonchev–Trinajstić information content (AvgIpc) is 2.72. The molecule has 0 heterocycles. The van der Waals surface area contributed by atoms with Gasteiger partial charge in [0.15, 0.2) is 0 Å². The maximum absolute atomic E-state index is 12.6. The van der Waals surface area contributed by atoms with Crippen LogP contribution in [0.5, 0.6) is 0 Å². The zero-order valence-electron chi connectivity index (χ0n) is 13.7.